The third-order valence-corrected chi connectivity index (χ3v) is 1.53. The summed E-state index contributed by atoms with van der Waals surface area (Å²) in [5.74, 6) is -1.08. The number of hydrogen-bond donors (Lipinski definition) is 2. The molecule has 1 rings (SSSR count). The third-order valence-electron chi connectivity index (χ3n) is 1.53. The van der Waals surface area contributed by atoms with Crippen LogP contribution in [0.4, 0.5) is 0 Å². The van der Waals surface area contributed by atoms with E-state index in [9.17, 15) is 4.79 Å². The Kier molecular flexibility index (Phi) is 2.39. The maximum atomic E-state index is 10.5. The predicted octanol–water partition coefficient (Wildman–Crippen LogP) is -0.618. The summed E-state index contributed by atoms with van der Waals surface area (Å²) in [5.41, 5.74) is 5.78. The van der Waals surface area contributed by atoms with Crippen molar-refractivity contribution in [1.29, 1.82) is 0 Å². The molecule has 1 aromatic rings. The van der Waals surface area contributed by atoms with Gasteiger partial charge < -0.3 is 10.8 Å². The Bertz CT molecular complexity index is 283. The Morgan fingerprint density at radius 3 is 3.08 bits per heavy atom. The molecule has 3 N–H and O–H groups in total. The molecule has 66 valence electrons. The Balaban J connectivity index is 2.93. The van der Waals surface area contributed by atoms with Gasteiger partial charge in [-0.3, -0.25) is 4.79 Å². The highest BCUT2D eigenvalue weighted by Crippen LogP contribution is 2.07. The molecular weight excluding hydrogens is 160 g/mol. The van der Waals surface area contributed by atoms with Gasteiger partial charge >= 0.3 is 5.97 Å². The van der Waals surface area contributed by atoms with E-state index in [-0.39, 0.29) is 0 Å². The largest absolute Gasteiger partial charge is 0.480 e. The highest BCUT2D eigenvalue weighted by Gasteiger charge is 2.18. The number of hydrogen-bond acceptors (Lipinski definition) is 4. The number of nitrogens with zero attached hydrogens (tertiary/aromatic N) is 3. The van der Waals surface area contributed by atoms with Crippen molar-refractivity contribution < 1.29 is 9.90 Å². The molecular formula is C6H10N4O2. The summed E-state index contributed by atoms with van der Waals surface area (Å²) < 4.78 is 1.46. The lowest BCUT2D eigenvalue weighted by atomic mass is 10.2. The van der Waals surface area contributed by atoms with Crippen LogP contribution in [0.3, 0.4) is 0 Å². The van der Waals surface area contributed by atoms with E-state index in [0.717, 1.165) is 0 Å². The number of aromatic nitrogens is 3. The number of nitrogens with two attached hydrogens (primary N) is 1. The Hall–Kier alpha value is -1.43. The molecule has 0 amide bonds. The first-order chi connectivity index (χ1) is 5.66. The molecule has 0 radical (unpaired) electrons. The first kappa shape index (κ1) is 8.66. The van der Waals surface area contributed by atoms with Crippen molar-refractivity contribution in [3.05, 3.63) is 11.9 Å². The van der Waals surface area contributed by atoms with Crippen molar-refractivity contribution >= 4 is 5.97 Å². The van der Waals surface area contributed by atoms with E-state index in [2.05, 4.69) is 10.3 Å². The zero-order valence-corrected chi connectivity index (χ0v) is 6.64. The molecule has 0 saturated heterocycles. The SMILES string of the molecule is CCn1nncc1C(N)C(=O)O. The first-order valence-corrected chi connectivity index (χ1v) is 3.53. The fourth-order valence-electron chi connectivity index (χ4n) is 0.879. The lowest BCUT2D eigenvalue weighted by Gasteiger charge is -2.06. The lowest BCUT2D eigenvalue weighted by Crippen LogP contribution is -2.23. The Morgan fingerprint density at radius 2 is 2.58 bits per heavy atom. The Morgan fingerprint density at radius 1 is 1.92 bits per heavy atom. The van der Waals surface area contributed by atoms with Gasteiger partial charge in [0, 0.05) is 6.54 Å². The van der Waals surface area contributed by atoms with E-state index in [1.165, 1.54) is 10.9 Å². The molecule has 0 spiro atoms. The smallest absolute Gasteiger partial charge is 0.326 e. The van der Waals surface area contributed by atoms with Crippen molar-refractivity contribution in [3.8, 4) is 0 Å². The van der Waals surface area contributed by atoms with Gasteiger partial charge in [-0.25, -0.2) is 4.68 Å². The molecule has 0 aliphatic rings. The molecule has 1 unspecified atom stereocenters. The summed E-state index contributed by atoms with van der Waals surface area (Å²) in [5, 5.41) is 15.8. The van der Waals surface area contributed by atoms with Gasteiger partial charge in [-0.05, 0) is 6.92 Å². The van der Waals surface area contributed by atoms with Gasteiger partial charge in [-0.15, -0.1) is 5.10 Å². The topological polar surface area (TPSA) is 94.0 Å². The van der Waals surface area contributed by atoms with Crippen LogP contribution in [-0.2, 0) is 11.3 Å². The molecule has 6 heteroatoms. The van der Waals surface area contributed by atoms with Gasteiger partial charge in [-0.1, -0.05) is 5.21 Å². The maximum absolute atomic E-state index is 10.5. The molecule has 0 fully saturated rings. The van der Waals surface area contributed by atoms with Crippen molar-refractivity contribution in [3.63, 3.8) is 0 Å². The molecule has 1 atom stereocenters. The molecule has 0 saturated carbocycles. The number of aliphatic carboxylic acids is 1. The summed E-state index contributed by atoms with van der Waals surface area (Å²) in [6.07, 6.45) is 1.36. The summed E-state index contributed by atoms with van der Waals surface area (Å²) in [7, 11) is 0. The number of carbonyl (C=O) groups is 1. The van der Waals surface area contributed by atoms with Crippen LogP contribution in [0.25, 0.3) is 0 Å². The molecule has 0 aliphatic heterocycles. The number of aryl methyl sites for hydroxylation is 1. The molecule has 12 heavy (non-hydrogen) atoms. The highest BCUT2D eigenvalue weighted by molar-refractivity contribution is 5.74. The standard InChI is InChI=1S/C6H10N4O2/c1-2-10-4(3-8-9-10)5(7)6(11)12/h3,5H,2,7H2,1H3,(H,11,12). The minimum absolute atomic E-state index is 0.421. The minimum atomic E-state index is -1.08. The van der Waals surface area contributed by atoms with Crippen LogP contribution in [0.5, 0.6) is 0 Å². The second kappa shape index (κ2) is 3.31. The van der Waals surface area contributed by atoms with Gasteiger partial charge in [-0.2, -0.15) is 0 Å². The van der Waals surface area contributed by atoms with Crippen molar-refractivity contribution in [2.24, 2.45) is 5.73 Å². The third kappa shape index (κ3) is 1.42. The second-order valence-corrected chi connectivity index (χ2v) is 2.29. The molecule has 0 aliphatic carbocycles. The van der Waals surface area contributed by atoms with E-state index in [4.69, 9.17) is 10.8 Å². The van der Waals surface area contributed by atoms with E-state index in [1.807, 2.05) is 6.92 Å². The van der Waals surface area contributed by atoms with Crippen LogP contribution in [0.15, 0.2) is 6.20 Å². The fourth-order valence-corrected chi connectivity index (χ4v) is 0.879. The lowest BCUT2D eigenvalue weighted by molar-refractivity contribution is -0.138. The van der Waals surface area contributed by atoms with Gasteiger partial charge in [0.2, 0.25) is 0 Å². The van der Waals surface area contributed by atoms with E-state index >= 15 is 0 Å². The van der Waals surface area contributed by atoms with Gasteiger partial charge in [0.15, 0.2) is 0 Å². The molecule has 0 bridgehead atoms. The summed E-state index contributed by atoms with van der Waals surface area (Å²) >= 11 is 0. The van der Waals surface area contributed by atoms with E-state index in [1.54, 1.807) is 0 Å². The number of rotatable bonds is 3. The average molecular weight is 170 g/mol. The van der Waals surface area contributed by atoms with Crippen LogP contribution >= 0.6 is 0 Å². The van der Waals surface area contributed by atoms with E-state index < -0.39 is 12.0 Å². The minimum Gasteiger partial charge on any atom is -0.480 e. The molecule has 1 heterocycles. The Labute approximate surface area is 69.0 Å². The monoisotopic (exact) mass is 170 g/mol. The number of carboxylic acid groups (broad SMARTS) is 1. The second-order valence-electron chi connectivity index (χ2n) is 2.29. The molecule has 0 aromatic carbocycles. The van der Waals surface area contributed by atoms with Crippen LogP contribution in [-0.4, -0.2) is 26.1 Å². The van der Waals surface area contributed by atoms with E-state index in [0.29, 0.717) is 12.2 Å². The average Bonchev–Trinajstić information content (AvgIpc) is 2.49. The predicted molar refractivity (Wildman–Crippen MR) is 40.3 cm³/mol. The number of carboxylic acids is 1. The van der Waals surface area contributed by atoms with Crippen LogP contribution in [0.2, 0.25) is 0 Å². The molecule has 6 nitrogen and oxygen atoms in total. The van der Waals surface area contributed by atoms with Crippen LogP contribution in [0.1, 0.15) is 18.7 Å². The quantitative estimate of drug-likeness (QED) is 0.630. The van der Waals surface area contributed by atoms with Crippen molar-refractivity contribution in [1.82, 2.24) is 15.0 Å². The zero-order valence-electron chi connectivity index (χ0n) is 6.64. The van der Waals surface area contributed by atoms with Gasteiger partial charge in [0.25, 0.3) is 0 Å². The first-order valence-electron chi connectivity index (χ1n) is 3.53. The van der Waals surface area contributed by atoms with Gasteiger partial charge in [0.1, 0.15) is 6.04 Å². The summed E-state index contributed by atoms with van der Waals surface area (Å²) in [6.45, 7) is 2.41. The zero-order chi connectivity index (χ0) is 9.14. The fraction of sp³-hybridized carbons (Fsp3) is 0.500. The molecule has 1 aromatic heterocycles. The van der Waals surface area contributed by atoms with Gasteiger partial charge in [0.05, 0.1) is 11.9 Å². The normalized spacial score (nSPS) is 12.8. The highest BCUT2D eigenvalue weighted by atomic mass is 16.4. The summed E-state index contributed by atoms with van der Waals surface area (Å²) in [4.78, 5) is 10.5. The van der Waals surface area contributed by atoms with Crippen molar-refractivity contribution in [2.75, 3.05) is 0 Å². The van der Waals surface area contributed by atoms with Crippen LogP contribution < -0.4 is 5.73 Å². The van der Waals surface area contributed by atoms with Crippen LogP contribution in [0, 0.1) is 0 Å². The van der Waals surface area contributed by atoms with Crippen molar-refractivity contribution in [2.45, 2.75) is 19.5 Å². The summed E-state index contributed by atoms with van der Waals surface area (Å²) in [6, 6.07) is -1.04. The maximum Gasteiger partial charge on any atom is 0.326 e.